The minimum Gasteiger partial charge on any atom is -0.465 e. The molecule has 1 heterocycles. The van der Waals surface area contributed by atoms with Crippen molar-refractivity contribution >= 4 is 6.09 Å². The van der Waals surface area contributed by atoms with E-state index in [0.717, 1.165) is 19.5 Å². The molecular formula is C11H21NO2. The Morgan fingerprint density at radius 1 is 1.50 bits per heavy atom. The summed E-state index contributed by atoms with van der Waals surface area (Å²) < 4.78 is 0. The van der Waals surface area contributed by atoms with Gasteiger partial charge < -0.3 is 10.0 Å². The molecule has 0 unspecified atom stereocenters. The number of piperidine rings is 1. The Balaban J connectivity index is 2.22. The lowest BCUT2D eigenvalue weighted by atomic mass is 9.93. The van der Waals surface area contributed by atoms with Crippen molar-refractivity contribution in [2.24, 2.45) is 5.92 Å². The van der Waals surface area contributed by atoms with E-state index in [1.807, 2.05) is 0 Å². The van der Waals surface area contributed by atoms with Gasteiger partial charge in [0.1, 0.15) is 0 Å². The Morgan fingerprint density at radius 3 is 2.93 bits per heavy atom. The lowest BCUT2D eigenvalue weighted by molar-refractivity contribution is 0.117. The molecule has 0 aromatic carbocycles. The first-order valence-corrected chi connectivity index (χ1v) is 5.72. The van der Waals surface area contributed by atoms with Crippen molar-refractivity contribution < 1.29 is 9.90 Å². The molecule has 1 fully saturated rings. The molecule has 1 amide bonds. The fourth-order valence-electron chi connectivity index (χ4n) is 2.16. The van der Waals surface area contributed by atoms with Crippen LogP contribution in [0.4, 0.5) is 4.79 Å². The largest absolute Gasteiger partial charge is 0.465 e. The first-order valence-electron chi connectivity index (χ1n) is 5.72. The Hall–Kier alpha value is -0.730. The van der Waals surface area contributed by atoms with Gasteiger partial charge in [0, 0.05) is 13.1 Å². The first kappa shape index (κ1) is 11.3. The quantitative estimate of drug-likeness (QED) is 0.707. The lowest BCUT2D eigenvalue weighted by Gasteiger charge is -2.30. The summed E-state index contributed by atoms with van der Waals surface area (Å²) in [5.74, 6) is 0.617. The van der Waals surface area contributed by atoms with E-state index in [0.29, 0.717) is 5.92 Å². The van der Waals surface area contributed by atoms with Gasteiger partial charge in [-0.3, -0.25) is 0 Å². The second-order valence-corrected chi connectivity index (χ2v) is 4.23. The average Bonchev–Trinajstić information content (AvgIpc) is 2.19. The highest BCUT2D eigenvalue weighted by atomic mass is 16.4. The van der Waals surface area contributed by atoms with Gasteiger partial charge in [-0.1, -0.05) is 26.2 Å². The Labute approximate surface area is 86.1 Å². The van der Waals surface area contributed by atoms with Crippen molar-refractivity contribution in [1.82, 2.24) is 4.90 Å². The maximum absolute atomic E-state index is 10.8. The van der Waals surface area contributed by atoms with Crippen LogP contribution in [-0.4, -0.2) is 29.2 Å². The summed E-state index contributed by atoms with van der Waals surface area (Å²) in [6.45, 7) is 3.70. The van der Waals surface area contributed by atoms with Crippen LogP contribution in [0.15, 0.2) is 0 Å². The summed E-state index contributed by atoms with van der Waals surface area (Å²) in [4.78, 5) is 12.3. The van der Waals surface area contributed by atoms with Gasteiger partial charge in [-0.2, -0.15) is 0 Å². The molecule has 0 bridgehead atoms. The number of amides is 1. The van der Waals surface area contributed by atoms with Crippen LogP contribution in [0.25, 0.3) is 0 Å². The lowest BCUT2D eigenvalue weighted by Crippen LogP contribution is -2.38. The zero-order valence-electron chi connectivity index (χ0n) is 9.04. The number of carbonyl (C=O) groups is 1. The van der Waals surface area contributed by atoms with Crippen LogP contribution in [0.5, 0.6) is 0 Å². The summed E-state index contributed by atoms with van der Waals surface area (Å²) in [7, 11) is 0. The maximum Gasteiger partial charge on any atom is 0.407 e. The third-order valence-corrected chi connectivity index (χ3v) is 3.01. The monoisotopic (exact) mass is 199 g/mol. The van der Waals surface area contributed by atoms with Crippen molar-refractivity contribution in [2.75, 3.05) is 13.1 Å². The second-order valence-electron chi connectivity index (χ2n) is 4.23. The maximum atomic E-state index is 10.8. The van der Waals surface area contributed by atoms with E-state index in [9.17, 15) is 4.79 Å². The van der Waals surface area contributed by atoms with E-state index in [2.05, 4.69) is 6.92 Å². The average molecular weight is 199 g/mol. The molecule has 1 saturated heterocycles. The normalized spacial score (nSPS) is 22.4. The molecule has 14 heavy (non-hydrogen) atoms. The van der Waals surface area contributed by atoms with Gasteiger partial charge in [-0.15, -0.1) is 0 Å². The van der Waals surface area contributed by atoms with Crippen molar-refractivity contribution in [3.05, 3.63) is 0 Å². The van der Waals surface area contributed by atoms with Crippen molar-refractivity contribution in [3.8, 4) is 0 Å². The molecule has 82 valence electrons. The molecule has 1 atom stereocenters. The van der Waals surface area contributed by atoms with E-state index < -0.39 is 6.09 Å². The molecule has 0 spiro atoms. The summed E-state index contributed by atoms with van der Waals surface area (Å²) in [5.41, 5.74) is 0. The van der Waals surface area contributed by atoms with Crippen LogP contribution < -0.4 is 0 Å². The van der Waals surface area contributed by atoms with Gasteiger partial charge in [0.2, 0.25) is 0 Å². The highest BCUT2D eigenvalue weighted by Gasteiger charge is 2.22. The summed E-state index contributed by atoms with van der Waals surface area (Å²) in [6.07, 6.45) is 6.51. The van der Waals surface area contributed by atoms with Crippen LogP contribution in [0, 0.1) is 5.92 Å². The van der Waals surface area contributed by atoms with Crippen LogP contribution in [0.1, 0.15) is 45.4 Å². The van der Waals surface area contributed by atoms with Gasteiger partial charge >= 0.3 is 6.09 Å². The third-order valence-electron chi connectivity index (χ3n) is 3.01. The minimum atomic E-state index is -0.745. The molecule has 0 saturated carbocycles. The van der Waals surface area contributed by atoms with E-state index in [1.165, 1.54) is 32.1 Å². The number of rotatable bonds is 4. The summed E-state index contributed by atoms with van der Waals surface area (Å²) in [6, 6.07) is 0. The van der Waals surface area contributed by atoms with Gasteiger partial charge in [-0.25, -0.2) is 4.79 Å². The van der Waals surface area contributed by atoms with Crippen molar-refractivity contribution in [2.45, 2.75) is 45.4 Å². The van der Waals surface area contributed by atoms with E-state index in [4.69, 9.17) is 5.11 Å². The molecular weight excluding hydrogens is 178 g/mol. The first-order chi connectivity index (χ1) is 6.74. The highest BCUT2D eigenvalue weighted by molar-refractivity contribution is 5.65. The topological polar surface area (TPSA) is 40.5 Å². The molecule has 0 aromatic rings. The minimum absolute atomic E-state index is 0.617. The van der Waals surface area contributed by atoms with Gasteiger partial charge in [0.25, 0.3) is 0 Å². The van der Waals surface area contributed by atoms with Crippen molar-refractivity contribution in [3.63, 3.8) is 0 Å². The zero-order chi connectivity index (χ0) is 10.4. The predicted octanol–water partition coefficient (Wildman–Crippen LogP) is 2.96. The fourth-order valence-corrected chi connectivity index (χ4v) is 2.16. The third kappa shape index (κ3) is 3.56. The molecule has 0 aliphatic carbocycles. The summed E-state index contributed by atoms with van der Waals surface area (Å²) in [5, 5.41) is 8.85. The number of unbranched alkanes of at least 4 members (excludes halogenated alkanes) is 2. The smallest absolute Gasteiger partial charge is 0.407 e. The van der Waals surface area contributed by atoms with E-state index in [-0.39, 0.29) is 0 Å². The van der Waals surface area contributed by atoms with Crippen LogP contribution in [-0.2, 0) is 0 Å². The Bertz CT molecular complexity index is 182. The molecule has 3 heteroatoms. The SMILES string of the molecule is CCCCC[C@@H]1CCCN(C(=O)O)C1. The van der Waals surface area contributed by atoms with Crippen molar-refractivity contribution in [1.29, 1.82) is 0 Å². The van der Waals surface area contributed by atoms with Gasteiger partial charge in [-0.05, 0) is 25.2 Å². The van der Waals surface area contributed by atoms with Gasteiger partial charge in [0.05, 0.1) is 0 Å². The molecule has 1 N–H and O–H groups in total. The molecule has 0 radical (unpaired) electrons. The highest BCUT2D eigenvalue weighted by Crippen LogP contribution is 2.21. The second kappa shape index (κ2) is 5.89. The number of nitrogens with zero attached hydrogens (tertiary/aromatic N) is 1. The molecule has 1 aliphatic rings. The molecule has 1 rings (SSSR count). The Kier molecular flexibility index (Phi) is 4.77. The Morgan fingerprint density at radius 2 is 2.29 bits per heavy atom. The number of hydrogen-bond acceptors (Lipinski definition) is 1. The molecule has 3 nitrogen and oxygen atoms in total. The van der Waals surface area contributed by atoms with E-state index in [1.54, 1.807) is 4.90 Å². The van der Waals surface area contributed by atoms with Crippen LogP contribution >= 0.6 is 0 Å². The predicted molar refractivity (Wildman–Crippen MR) is 56.5 cm³/mol. The number of likely N-dealkylation sites (tertiary alicyclic amines) is 1. The standard InChI is InChI=1S/C11H21NO2/c1-2-3-4-6-10-7-5-8-12(9-10)11(13)14/h10H,2-9H2,1H3,(H,13,14)/t10-/m1/s1. The van der Waals surface area contributed by atoms with Crippen LogP contribution in [0.3, 0.4) is 0 Å². The number of hydrogen-bond donors (Lipinski definition) is 1. The number of carboxylic acid groups (broad SMARTS) is 1. The fraction of sp³-hybridized carbons (Fsp3) is 0.909. The molecule has 1 aliphatic heterocycles. The van der Waals surface area contributed by atoms with Gasteiger partial charge in [0.15, 0.2) is 0 Å². The van der Waals surface area contributed by atoms with E-state index >= 15 is 0 Å². The summed E-state index contributed by atoms with van der Waals surface area (Å²) >= 11 is 0. The molecule has 0 aromatic heterocycles. The zero-order valence-corrected chi connectivity index (χ0v) is 9.04. The van der Waals surface area contributed by atoms with Crippen LogP contribution in [0.2, 0.25) is 0 Å².